The SMILES string of the molecule is CCc1ccsc1C(=O)N1CCN(C)CC1. The van der Waals surface area contributed by atoms with Gasteiger partial charge in [-0.2, -0.15) is 0 Å². The molecule has 1 amide bonds. The summed E-state index contributed by atoms with van der Waals surface area (Å²) in [5.74, 6) is 0.222. The van der Waals surface area contributed by atoms with E-state index in [2.05, 4.69) is 24.9 Å². The highest BCUT2D eigenvalue weighted by atomic mass is 32.1. The molecule has 1 fully saturated rings. The van der Waals surface area contributed by atoms with Gasteiger partial charge < -0.3 is 9.80 Å². The van der Waals surface area contributed by atoms with Crippen LogP contribution in [0.5, 0.6) is 0 Å². The fourth-order valence-electron chi connectivity index (χ4n) is 1.95. The van der Waals surface area contributed by atoms with Gasteiger partial charge >= 0.3 is 0 Å². The zero-order chi connectivity index (χ0) is 11.5. The molecule has 1 aliphatic rings. The standard InChI is InChI=1S/C12H18N2OS/c1-3-10-4-9-16-11(10)12(15)14-7-5-13(2)6-8-14/h4,9H,3,5-8H2,1-2H3. The molecule has 0 N–H and O–H groups in total. The molecule has 0 unspecified atom stereocenters. The molecule has 88 valence electrons. The van der Waals surface area contributed by atoms with Crippen LogP contribution in [0.15, 0.2) is 11.4 Å². The first-order valence-electron chi connectivity index (χ1n) is 5.76. The maximum atomic E-state index is 12.3. The Labute approximate surface area is 101 Å². The summed E-state index contributed by atoms with van der Waals surface area (Å²) in [6.07, 6.45) is 0.943. The van der Waals surface area contributed by atoms with Crippen molar-refractivity contribution in [3.05, 3.63) is 21.9 Å². The number of aryl methyl sites for hydroxylation is 1. The molecule has 0 bridgehead atoms. The molecule has 1 aromatic rings. The number of hydrogen-bond donors (Lipinski definition) is 0. The highest BCUT2D eigenvalue weighted by molar-refractivity contribution is 7.12. The summed E-state index contributed by atoms with van der Waals surface area (Å²) < 4.78 is 0. The lowest BCUT2D eigenvalue weighted by atomic mass is 10.2. The van der Waals surface area contributed by atoms with Crippen molar-refractivity contribution in [2.45, 2.75) is 13.3 Å². The predicted octanol–water partition coefficient (Wildman–Crippen LogP) is 1.70. The maximum absolute atomic E-state index is 12.3. The minimum Gasteiger partial charge on any atom is -0.335 e. The van der Waals surface area contributed by atoms with Gasteiger partial charge in [0.05, 0.1) is 4.88 Å². The van der Waals surface area contributed by atoms with Gasteiger partial charge in [-0.3, -0.25) is 4.79 Å². The van der Waals surface area contributed by atoms with E-state index < -0.39 is 0 Å². The monoisotopic (exact) mass is 238 g/mol. The zero-order valence-electron chi connectivity index (χ0n) is 9.90. The number of carbonyl (C=O) groups excluding carboxylic acids is 1. The van der Waals surface area contributed by atoms with E-state index in [-0.39, 0.29) is 5.91 Å². The number of likely N-dealkylation sites (N-methyl/N-ethyl adjacent to an activating group) is 1. The average molecular weight is 238 g/mol. The predicted molar refractivity (Wildman–Crippen MR) is 67.1 cm³/mol. The van der Waals surface area contributed by atoms with Crippen molar-refractivity contribution >= 4 is 17.2 Å². The van der Waals surface area contributed by atoms with E-state index in [1.165, 1.54) is 5.56 Å². The normalized spacial score (nSPS) is 17.8. The Morgan fingerprint density at radius 1 is 1.38 bits per heavy atom. The van der Waals surface area contributed by atoms with E-state index in [1.807, 2.05) is 10.3 Å². The van der Waals surface area contributed by atoms with Gasteiger partial charge in [-0.15, -0.1) is 11.3 Å². The first-order chi connectivity index (χ1) is 7.72. The van der Waals surface area contributed by atoms with Crippen LogP contribution in [-0.4, -0.2) is 48.9 Å². The molecule has 0 spiro atoms. The fourth-order valence-corrected chi connectivity index (χ4v) is 2.92. The maximum Gasteiger partial charge on any atom is 0.264 e. The van der Waals surface area contributed by atoms with Crippen molar-refractivity contribution in [3.8, 4) is 0 Å². The lowest BCUT2D eigenvalue weighted by Crippen LogP contribution is -2.47. The van der Waals surface area contributed by atoms with Gasteiger partial charge in [0.25, 0.3) is 5.91 Å². The minimum absolute atomic E-state index is 0.222. The van der Waals surface area contributed by atoms with Crippen LogP contribution < -0.4 is 0 Å². The number of amides is 1. The Morgan fingerprint density at radius 2 is 2.06 bits per heavy atom. The summed E-state index contributed by atoms with van der Waals surface area (Å²) in [5.41, 5.74) is 1.19. The van der Waals surface area contributed by atoms with Crippen molar-refractivity contribution in [2.24, 2.45) is 0 Å². The Kier molecular flexibility index (Phi) is 3.61. The van der Waals surface area contributed by atoms with Crippen LogP contribution in [0.1, 0.15) is 22.2 Å². The van der Waals surface area contributed by atoms with Crippen molar-refractivity contribution in [1.29, 1.82) is 0 Å². The molecule has 1 saturated heterocycles. The molecule has 0 aliphatic carbocycles. The summed E-state index contributed by atoms with van der Waals surface area (Å²) in [6, 6.07) is 2.06. The molecule has 2 rings (SSSR count). The van der Waals surface area contributed by atoms with E-state index in [1.54, 1.807) is 11.3 Å². The summed E-state index contributed by atoms with van der Waals surface area (Å²) in [6.45, 7) is 5.78. The van der Waals surface area contributed by atoms with Crippen LogP contribution in [0.4, 0.5) is 0 Å². The quantitative estimate of drug-likeness (QED) is 0.783. The second-order valence-electron chi connectivity index (χ2n) is 4.22. The summed E-state index contributed by atoms with van der Waals surface area (Å²) in [4.78, 5) is 17.4. The van der Waals surface area contributed by atoms with Crippen LogP contribution in [0.3, 0.4) is 0 Å². The number of piperazine rings is 1. The number of rotatable bonds is 2. The lowest BCUT2D eigenvalue weighted by molar-refractivity contribution is 0.0668. The van der Waals surface area contributed by atoms with E-state index in [9.17, 15) is 4.79 Å². The molecule has 16 heavy (non-hydrogen) atoms. The molecule has 3 nitrogen and oxygen atoms in total. The number of hydrogen-bond acceptors (Lipinski definition) is 3. The molecule has 0 atom stereocenters. The fraction of sp³-hybridized carbons (Fsp3) is 0.583. The average Bonchev–Trinajstić information content (AvgIpc) is 2.77. The Hall–Kier alpha value is -0.870. The Balaban J connectivity index is 2.07. The van der Waals surface area contributed by atoms with E-state index >= 15 is 0 Å². The molecule has 0 aromatic carbocycles. The molecular weight excluding hydrogens is 220 g/mol. The second-order valence-corrected chi connectivity index (χ2v) is 5.14. The number of nitrogens with zero attached hydrogens (tertiary/aromatic N) is 2. The Bertz CT molecular complexity index is 367. The molecule has 4 heteroatoms. The van der Waals surface area contributed by atoms with Crippen LogP contribution in [0.2, 0.25) is 0 Å². The third-order valence-electron chi connectivity index (χ3n) is 3.11. The molecule has 1 aliphatic heterocycles. The van der Waals surface area contributed by atoms with Gasteiger partial charge in [-0.25, -0.2) is 0 Å². The molecule has 0 radical (unpaired) electrons. The van der Waals surface area contributed by atoms with Crippen molar-refractivity contribution < 1.29 is 4.79 Å². The van der Waals surface area contributed by atoms with Gasteiger partial charge in [-0.1, -0.05) is 6.92 Å². The highest BCUT2D eigenvalue weighted by Crippen LogP contribution is 2.20. The molecule has 2 heterocycles. The molecule has 0 saturated carbocycles. The zero-order valence-corrected chi connectivity index (χ0v) is 10.7. The van der Waals surface area contributed by atoms with E-state index in [0.717, 1.165) is 37.5 Å². The third-order valence-corrected chi connectivity index (χ3v) is 4.06. The topological polar surface area (TPSA) is 23.6 Å². The van der Waals surface area contributed by atoms with E-state index in [0.29, 0.717) is 0 Å². The Morgan fingerprint density at radius 3 is 2.69 bits per heavy atom. The van der Waals surface area contributed by atoms with Gasteiger partial charge in [0.2, 0.25) is 0 Å². The number of carbonyl (C=O) groups is 1. The molecule has 1 aromatic heterocycles. The van der Waals surface area contributed by atoms with Crippen molar-refractivity contribution in [3.63, 3.8) is 0 Å². The highest BCUT2D eigenvalue weighted by Gasteiger charge is 2.22. The minimum atomic E-state index is 0.222. The summed E-state index contributed by atoms with van der Waals surface area (Å²) >= 11 is 1.57. The van der Waals surface area contributed by atoms with Gasteiger partial charge in [0, 0.05) is 26.2 Å². The third kappa shape index (κ3) is 2.28. The van der Waals surface area contributed by atoms with E-state index in [4.69, 9.17) is 0 Å². The van der Waals surface area contributed by atoms with Crippen LogP contribution in [0.25, 0.3) is 0 Å². The van der Waals surface area contributed by atoms with Crippen LogP contribution in [-0.2, 0) is 6.42 Å². The first kappa shape index (κ1) is 11.6. The van der Waals surface area contributed by atoms with Gasteiger partial charge in [0.1, 0.15) is 0 Å². The first-order valence-corrected chi connectivity index (χ1v) is 6.64. The largest absolute Gasteiger partial charge is 0.335 e. The van der Waals surface area contributed by atoms with Crippen LogP contribution in [0, 0.1) is 0 Å². The van der Waals surface area contributed by atoms with Gasteiger partial charge in [-0.05, 0) is 30.5 Å². The smallest absolute Gasteiger partial charge is 0.264 e. The summed E-state index contributed by atoms with van der Waals surface area (Å²) in [5, 5.41) is 2.02. The summed E-state index contributed by atoms with van der Waals surface area (Å²) in [7, 11) is 2.10. The van der Waals surface area contributed by atoms with Crippen LogP contribution >= 0.6 is 11.3 Å². The van der Waals surface area contributed by atoms with Crippen molar-refractivity contribution in [1.82, 2.24) is 9.80 Å². The molecular formula is C12H18N2OS. The number of thiophene rings is 1. The lowest BCUT2D eigenvalue weighted by Gasteiger charge is -2.32. The van der Waals surface area contributed by atoms with Crippen molar-refractivity contribution in [2.75, 3.05) is 33.2 Å². The van der Waals surface area contributed by atoms with Gasteiger partial charge in [0.15, 0.2) is 0 Å². The second kappa shape index (κ2) is 4.97.